The lowest BCUT2D eigenvalue weighted by molar-refractivity contribution is 0.332. The van der Waals surface area contributed by atoms with E-state index in [1.54, 1.807) is 6.07 Å². The van der Waals surface area contributed by atoms with E-state index in [1.165, 1.54) is 18.6 Å². The van der Waals surface area contributed by atoms with Gasteiger partial charge in [0.15, 0.2) is 5.96 Å². The number of aliphatic imine (C=N–C) groups is 1. The number of nitrogens with one attached hydrogen (secondary N) is 1. The molecule has 1 heterocycles. The van der Waals surface area contributed by atoms with Crippen LogP contribution >= 0.6 is 0 Å². The first-order chi connectivity index (χ1) is 8.72. The molecular weight excluding hydrogens is 233 g/mol. The van der Waals surface area contributed by atoms with Gasteiger partial charge in [-0.1, -0.05) is 0 Å². The van der Waals surface area contributed by atoms with Crippen LogP contribution in [0.1, 0.15) is 30.9 Å². The number of ether oxygens (including phenoxy) is 1. The molecule has 1 unspecified atom stereocenters. The molecule has 0 spiro atoms. The highest BCUT2D eigenvalue weighted by molar-refractivity contribution is 5.78. The maximum atomic E-state index is 13.2. The Hall–Kier alpha value is -1.78. The first-order valence-corrected chi connectivity index (χ1v) is 6.24. The maximum Gasteiger partial charge on any atom is 0.189 e. The third-order valence-electron chi connectivity index (χ3n) is 3.48. The zero-order valence-electron chi connectivity index (χ0n) is 10.0. The van der Waals surface area contributed by atoms with E-state index >= 15 is 0 Å². The van der Waals surface area contributed by atoms with Gasteiger partial charge in [0.25, 0.3) is 0 Å². The summed E-state index contributed by atoms with van der Waals surface area (Å²) in [6, 6.07) is 4.73. The molecule has 0 radical (unpaired) electrons. The second-order valence-corrected chi connectivity index (χ2v) is 4.80. The summed E-state index contributed by atoms with van der Waals surface area (Å²) in [7, 11) is 0. The fourth-order valence-electron chi connectivity index (χ4n) is 2.24. The summed E-state index contributed by atoms with van der Waals surface area (Å²) in [6.45, 7) is 0.422. The number of halogens is 1. The maximum absolute atomic E-state index is 13.2. The fraction of sp³-hybridized carbons (Fsp3) is 0.462. The number of hydrogen-bond acceptors (Lipinski definition) is 2. The standard InChI is InChI=1S/C13H16FN3O/c14-8-4-5-12-10(6-8)11(7-18-12)17-13(15)16-9-2-1-3-9/h4-6,9,11H,1-3,7H2,(H3,15,16,17). The van der Waals surface area contributed by atoms with Crippen LogP contribution in [0.3, 0.4) is 0 Å². The minimum atomic E-state index is -0.273. The van der Waals surface area contributed by atoms with Gasteiger partial charge in [0, 0.05) is 11.6 Å². The molecule has 2 aliphatic rings. The lowest BCUT2D eigenvalue weighted by atomic mass is 9.93. The number of rotatable bonds is 2. The normalized spacial score (nSPS) is 23.2. The number of nitrogens with two attached hydrogens (primary N) is 1. The second kappa shape index (κ2) is 4.48. The minimum Gasteiger partial charge on any atom is -0.491 e. The molecule has 1 saturated carbocycles. The van der Waals surface area contributed by atoms with E-state index in [1.807, 2.05) is 0 Å². The Balaban J connectivity index is 1.74. The van der Waals surface area contributed by atoms with Gasteiger partial charge in [-0.3, -0.25) is 0 Å². The van der Waals surface area contributed by atoms with Gasteiger partial charge in [-0.2, -0.15) is 0 Å². The van der Waals surface area contributed by atoms with Crippen LogP contribution in [0.2, 0.25) is 0 Å². The van der Waals surface area contributed by atoms with Crippen molar-refractivity contribution in [3.63, 3.8) is 0 Å². The van der Waals surface area contributed by atoms with Crippen LogP contribution < -0.4 is 15.8 Å². The third kappa shape index (κ3) is 2.12. The first-order valence-electron chi connectivity index (χ1n) is 6.24. The molecule has 1 aliphatic carbocycles. The highest BCUT2D eigenvalue weighted by Gasteiger charge is 2.25. The number of hydrogen-bond donors (Lipinski definition) is 2. The molecule has 3 rings (SSSR count). The van der Waals surface area contributed by atoms with Gasteiger partial charge >= 0.3 is 0 Å². The predicted octanol–water partition coefficient (Wildman–Crippen LogP) is 1.72. The number of nitrogens with zero attached hydrogens (tertiary/aromatic N) is 1. The lowest BCUT2D eigenvalue weighted by Crippen LogP contribution is -2.43. The van der Waals surface area contributed by atoms with Crippen molar-refractivity contribution in [2.24, 2.45) is 10.7 Å². The highest BCUT2D eigenvalue weighted by atomic mass is 19.1. The van der Waals surface area contributed by atoms with Crippen molar-refractivity contribution in [2.45, 2.75) is 31.3 Å². The number of guanidine groups is 1. The second-order valence-electron chi connectivity index (χ2n) is 4.80. The van der Waals surface area contributed by atoms with E-state index in [0.29, 0.717) is 24.4 Å². The molecule has 5 heteroatoms. The van der Waals surface area contributed by atoms with Crippen LogP contribution in [-0.4, -0.2) is 18.6 Å². The van der Waals surface area contributed by atoms with Crippen LogP contribution in [0.15, 0.2) is 23.2 Å². The smallest absolute Gasteiger partial charge is 0.189 e. The van der Waals surface area contributed by atoms with Crippen molar-refractivity contribution in [3.05, 3.63) is 29.6 Å². The first kappa shape index (κ1) is 11.3. The third-order valence-corrected chi connectivity index (χ3v) is 3.48. The summed E-state index contributed by atoms with van der Waals surface area (Å²) in [4.78, 5) is 4.37. The zero-order valence-corrected chi connectivity index (χ0v) is 10.0. The van der Waals surface area contributed by atoms with Crippen LogP contribution in [-0.2, 0) is 0 Å². The molecule has 1 atom stereocenters. The average molecular weight is 249 g/mol. The van der Waals surface area contributed by atoms with E-state index in [4.69, 9.17) is 10.5 Å². The summed E-state index contributed by atoms with van der Waals surface area (Å²) in [6.07, 6.45) is 3.52. The molecule has 1 fully saturated rings. The van der Waals surface area contributed by atoms with Gasteiger partial charge in [-0.25, -0.2) is 9.38 Å². The predicted molar refractivity (Wildman–Crippen MR) is 67.0 cm³/mol. The van der Waals surface area contributed by atoms with Crippen LogP contribution in [0.25, 0.3) is 0 Å². The Morgan fingerprint density at radius 3 is 3.00 bits per heavy atom. The number of benzene rings is 1. The molecule has 1 aromatic rings. The van der Waals surface area contributed by atoms with Crippen molar-refractivity contribution in [3.8, 4) is 5.75 Å². The molecule has 0 saturated heterocycles. The Morgan fingerprint density at radius 2 is 2.28 bits per heavy atom. The fourth-order valence-corrected chi connectivity index (χ4v) is 2.24. The van der Waals surface area contributed by atoms with Crippen molar-refractivity contribution in [1.82, 2.24) is 5.32 Å². The monoisotopic (exact) mass is 249 g/mol. The van der Waals surface area contributed by atoms with Gasteiger partial charge in [-0.05, 0) is 37.5 Å². The van der Waals surface area contributed by atoms with Gasteiger partial charge in [0.05, 0.1) is 0 Å². The molecule has 0 bridgehead atoms. The Morgan fingerprint density at radius 1 is 1.44 bits per heavy atom. The molecular formula is C13H16FN3O. The Kier molecular flexibility index (Phi) is 2.81. The van der Waals surface area contributed by atoms with Gasteiger partial charge < -0.3 is 15.8 Å². The molecule has 18 heavy (non-hydrogen) atoms. The summed E-state index contributed by atoms with van der Waals surface area (Å²) >= 11 is 0. The van der Waals surface area contributed by atoms with Gasteiger partial charge in [0.2, 0.25) is 0 Å². The van der Waals surface area contributed by atoms with E-state index < -0.39 is 0 Å². The molecule has 0 aromatic heterocycles. The van der Waals surface area contributed by atoms with E-state index in [0.717, 1.165) is 18.4 Å². The molecule has 0 amide bonds. The SMILES string of the molecule is NC(=NC1COc2ccc(F)cc21)NC1CCC1. The quantitative estimate of drug-likeness (QED) is 0.619. The summed E-state index contributed by atoms with van der Waals surface area (Å²) in [5.74, 6) is 0.844. The van der Waals surface area contributed by atoms with Crippen molar-refractivity contribution in [1.29, 1.82) is 0 Å². The highest BCUT2D eigenvalue weighted by Crippen LogP contribution is 2.35. The van der Waals surface area contributed by atoms with Gasteiger partial charge in [0.1, 0.15) is 24.2 Å². The zero-order chi connectivity index (χ0) is 12.5. The molecule has 1 aromatic carbocycles. The molecule has 96 valence electrons. The van der Waals surface area contributed by atoms with Crippen LogP contribution in [0.5, 0.6) is 5.75 Å². The Bertz CT molecular complexity index is 485. The van der Waals surface area contributed by atoms with Gasteiger partial charge in [-0.15, -0.1) is 0 Å². The van der Waals surface area contributed by atoms with Crippen LogP contribution in [0.4, 0.5) is 4.39 Å². The molecule has 3 N–H and O–H groups in total. The van der Waals surface area contributed by atoms with E-state index in [9.17, 15) is 4.39 Å². The van der Waals surface area contributed by atoms with E-state index in [2.05, 4.69) is 10.3 Å². The lowest BCUT2D eigenvalue weighted by Gasteiger charge is -2.27. The van der Waals surface area contributed by atoms with Crippen molar-refractivity contribution < 1.29 is 9.13 Å². The minimum absolute atomic E-state index is 0.205. The van der Waals surface area contributed by atoms with Crippen molar-refractivity contribution in [2.75, 3.05) is 6.61 Å². The summed E-state index contributed by atoms with van der Waals surface area (Å²) in [5.41, 5.74) is 6.62. The topological polar surface area (TPSA) is 59.6 Å². The molecule has 1 aliphatic heterocycles. The summed E-state index contributed by atoms with van der Waals surface area (Å²) < 4.78 is 18.7. The Labute approximate surface area is 105 Å². The number of fused-ring (bicyclic) bond motifs is 1. The summed E-state index contributed by atoms with van der Waals surface area (Å²) in [5, 5.41) is 3.17. The average Bonchev–Trinajstić information content (AvgIpc) is 2.67. The largest absolute Gasteiger partial charge is 0.491 e. The van der Waals surface area contributed by atoms with Crippen molar-refractivity contribution >= 4 is 5.96 Å². The van der Waals surface area contributed by atoms with Crippen LogP contribution in [0, 0.1) is 5.82 Å². The van der Waals surface area contributed by atoms with E-state index in [-0.39, 0.29) is 11.9 Å². The molecule has 4 nitrogen and oxygen atoms in total.